The third-order valence-corrected chi connectivity index (χ3v) is 5.24. The van der Waals surface area contributed by atoms with Gasteiger partial charge in [0.05, 0.1) is 11.8 Å². The third kappa shape index (κ3) is 3.54. The Morgan fingerprint density at radius 2 is 1.71 bits per heavy atom. The van der Waals surface area contributed by atoms with Crippen LogP contribution in [0.15, 0.2) is 42.6 Å². The van der Waals surface area contributed by atoms with Gasteiger partial charge < -0.3 is 0 Å². The molecule has 1 saturated heterocycles. The molecule has 0 spiro atoms. The number of nitrogens with one attached hydrogen (secondary N) is 1. The molecule has 3 aromatic rings. The van der Waals surface area contributed by atoms with Crippen molar-refractivity contribution >= 4 is 0 Å². The summed E-state index contributed by atoms with van der Waals surface area (Å²) in [5.41, 5.74) is 1.26. The molecule has 0 radical (unpaired) electrons. The minimum Gasteiger partial charge on any atom is -0.298 e. The van der Waals surface area contributed by atoms with Gasteiger partial charge in [0.15, 0.2) is 11.6 Å². The molecule has 1 N–H and O–H groups in total. The molecule has 2 aromatic carbocycles. The van der Waals surface area contributed by atoms with E-state index >= 15 is 0 Å². The van der Waals surface area contributed by atoms with Crippen molar-refractivity contribution in [2.75, 3.05) is 13.1 Å². The van der Waals surface area contributed by atoms with Crippen LogP contribution in [0.3, 0.4) is 0 Å². The fourth-order valence-electron chi connectivity index (χ4n) is 3.91. The van der Waals surface area contributed by atoms with Gasteiger partial charge in [0.2, 0.25) is 0 Å². The van der Waals surface area contributed by atoms with Gasteiger partial charge in [-0.05, 0) is 37.6 Å². The summed E-state index contributed by atoms with van der Waals surface area (Å²) < 4.78 is 55.9. The number of likely N-dealkylation sites (tertiary alicyclic amines) is 1. The second-order valence-corrected chi connectivity index (χ2v) is 7.08. The van der Waals surface area contributed by atoms with E-state index in [0.29, 0.717) is 23.4 Å². The van der Waals surface area contributed by atoms with Gasteiger partial charge in [-0.2, -0.15) is 5.10 Å². The van der Waals surface area contributed by atoms with Crippen molar-refractivity contribution in [1.29, 1.82) is 0 Å². The maximum atomic E-state index is 14.2. The number of aromatic amines is 1. The summed E-state index contributed by atoms with van der Waals surface area (Å²) in [7, 11) is 0. The Kier molecular flexibility index (Phi) is 5.17. The van der Waals surface area contributed by atoms with Crippen molar-refractivity contribution in [3.8, 4) is 11.1 Å². The number of rotatable bonds is 4. The number of hydrogen-bond acceptors (Lipinski definition) is 2. The first kappa shape index (κ1) is 18.7. The van der Waals surface area contributed by atoms with E-state index in [1.165, 1.54) is 30.5 Å². The van der Waals surface area contributed by atoms with Crippen molar-refractivity contribution in [3.05, 3.63) is 77.1 Å². The Hall–Kier alpha value is -2.67. The van der Waals surface area contributed by atoms with Crippen LogP contribution in [0.2, 0.25) is 0 Å². The third-order valence-electron chi connectivity index (χ3n) is 5.24. The molecule has 1 aliphatic heterocycles. The van der Waals surface area contributed by atoms with E-state index in [2.05, 4.69) is 10.2 Å². The highest BCUT2D eigenvalue weighted by molar-refractivity contribution is 5.67. The first-order valence-electron chi connectivity index (χ1n) is 9.17. The maximum absolute atomic E-state index is 14.2. The van der Waals surface area contributed by atoms with Crippen LogP contribution in [0, 0.1) is 23.3 Å². The summed E-state index contributed by atoms with van der Waals surface area (Å²) in [6.07, 6.45) is 3.08. The van der Waals surface area contributed by atoms with Crippen molar-refractivity contribution < 1.29 is 17.6 Å². The summed E-state index contributed by atoms with van der Waals surface area (Å²) in [5, 5.41) is 6.89. The molecule has 0 amide bonds. The van der Waals surface area contributed by atoms with E-state index in [9.17, 15) is 17.6 Å². The molecule has 0 saturated carbocycles. The van der Waals surface area contributed by atoms with Gasteiger partial charge in [0.25, 0.3) is 0 Å². The van der Waals surface area contributed by atoms with Crippen molar-refractivity contribution in [2.45, 2.75) is 25.3 Å². The molecule has 1 aromatic heterocycles. The lowest BCUT2D eigenvalue weighted by molar-refractivity contribution is 0.196. The molecule has 0 bridgehead atoms. The zero-order valence-electron chi connectivity index (χ0n) is 15.1. The average molecular weight is 389 g/mol. The number of H-pyrrole nitrogens is 1. The summed E-state index contributed by atoms with van der Waals surface area (Å²) >= 11 is 0. The van der Waals surface area contributed by atoms with Crippen LogP contribution in [0.4, 0.5) is 17.6 Å². The van der Waals surface area contributed by atoms with Gasteiger partial charge in [-0.15, -0.1) is 0 Å². The van der Waals surface area contributed by atoms with Crippen molar-refractivity contribution in [1.82, 2.24) is 15.1 Å². The average Bonchev–Trinajstić information content (AvgIpc) is 3.15. The maximum Gasteiger partial charge on any atom is 0.163 e. The van der Waals surface area contributed by atoms with Crippen LogP contribution in [0.5, 0.6) is 0 Å². The van der Waals surface area contributed by atoms with E-state index in [1.807, 2.05) is 4.90 Å². The first-order chi connectivity index (χ1) is 13.5. The lowest BCUT2D eigenvalue weighted by Gasteiger charge is -2.32. The van der Waals surface area contributed by atoms with Gasteiger partial charge >= 0.3 is 0 Å². The van der Waals surface area contributed by atoms with E-state index in [1.54, 1.807) is 6.07 Å². The van der Waals surface area contributed by atoms with Crippen LogP contribution in [-0.2, 0) is 6.54 Å². The molecule has 7 heteroatoms. The van der Waals surface area contributed by atoms with Gasteiger partial charge in [0.1, 0.15) is 11.6 Å². The Balaban J connectivity index is 1.58. The van der Waals surface area contributed by atoms with Gasteiger partial charge in [-0.3, -0.25) is 10.00 Å². The monoisotopic (exact) mass is 389 g/mol. The predicted octanol–water partition coefficient (Wildman–Crippen LogP) is 5.01. The number of halogens is 4. The largest absolute Gasteiger partial charge is 0.298 e. The van der Waals surface area contributed by atoms with Crippen molar-refractivity contribution in [2.24, 2.45) is 0 Å². The zero-order chi connectivity index (χ0) is 19.7. The topological polar surface area (TPSA) is 31.9 Å². The van der Waals surface area contributed by atoms with E-state index in [0.717, 1.165) is 25.5 Å². The number of hydrogen-bond donors (Lipinski definition) is 1. The lowest BCUT2D eigenvalue weighted by atomic mass is 9.90. The fourth-order valence-corrected chi connectivity index (χ4v) is 3.91. The van der Waals surface area contributed by atoms with Crippen LogP contribution >= 0.6 is 0 Å². The minimum atomic E-state index is -0.864. The Bertz CT molecular complexity index is 965. The predicted molar refractivity (Wildman–Crippen MR) is 97.5 cm³/mol. The van der Waals surface area contributed by atoms with Gasteiger partial charge in [-0.25, -0.2) is 17.6 Å². The van der Waals surface area contributed by atoms with E-state index in [4.69, 9.17) is 0 Å². The molecule has 2 heterocycles. The molecule has 1 fully saturated rings. The fraction of sp³-hybridized carbons (Fsp3) is 0.286. The highest BCUT2D eigenvalue weighted by Crippen LogP contribution is 2.35. The molecular weight excluding hydrogens is 370 g/mol. The zero-order valence-corrected chi connectivity index (χ0v) is 15.1. The molecule has 1 atom stereocenters. The summed E-state index contributed by atoms with van der Waals surface area (Å²) in [6, 6.07) is 7.91. The minimum absolute atomic E-state index is 0.0399. The SMILES string of the molecule is Fc1cccc(CN2CCCC(c3[nH]ncc3-c3c(F)cccc3F)C2)c1F. The van der Waals surface area contributed by atoms with Crippen LogP contribution in [0.25, 0.3) is 11.1 Å². The van der Waals surface area contributed by atoms with Crippen molar-refractivity contribution in [3.63, 3.8) is 0 Å². The second-order valence-electron chi connectivity index (χ2n) is 7.08. The normalized spacial score (nSPS) is 17.8. The Morgan fingerprint density at radius 1 is 1.00 bits per heavy atom. The molecule has 1 aliphatic rings. The summed E-state index contributed by atoms with van der Waals surface area (Å²) in [4.78, 5) is 2.02. The number of piperidine rings is 1. The standard InChI is InChI=1S/C21H19F4N3/c22-16-6-2-7-17(23)19(16)15-10-26-27-21(15)14-5-3-9-28(12-14)11-13-4-1-8-18(24)20(13)25/h1-2,4,6-8,10,14H,3,5,9,11-12H2,(H,26,27). The number of aromatic nitrogens is 2. The highest BCUT2D eigenvalue weighted by Gasteiger charge is 2.27. The smallest absolute Gasteiger partial charge is 0.163 e. The molecular formula is C21H19F4N3. The molecule has 1 unspecified atom stereocenters. The lowest BCUT2D eigenvalue weighted by Crippen LogP contribution is -2.34. The second kappa shape index (κ2) is 7.75. The van der Waals surface area contributed by atoms with Crippen LogP contribution in [0.1, 0.15) is 30.0 Å². The van der Waals surface area contributed by atoms with E-state index < -0.39 is 23.3 Å². The molecule has 28 heavy (non-hydrogen) atoms. The first-order valence-corrected chi connectivity index (χ1v) is 9.17. The molecule has 4 rings (SSSR count). The number of nitrogens with zero attached hydrogens (tertiary/aromatic N) is 2. The van der Waals surface area contributed by atoms with E-state index in [-0.39, 0.29) is 18.0 Å². The van der Waals surface area contributed by atoms with Crippen LogP contribution in [-0.4, -0.2) is 28.2 Å². The van der Waals surface area contributed by atoms with Gasteiger partial charge in [0, 0.05) is 35.8 Å². The molecule has 3 nitrogen and oxygen atoms in total. The molecule has 0 aliphatic carbocycles. The Morgan fingerprint density at radius 3 is 2.50 bits per heavy atom. The highest BCUT2D eigenvalue weighted by atomic mass is 19.2. The van der Waals surface area contributed by atoms with Gasteiger partial charge in [-0.1, -0.05) is 18.2 Å². The summed E-state index contributed by atoms with van der Waals surface area (Å²) in [5.74, 6) is -3.02. The summed E-state index contributed by atoms with van der Waals surface area (Å²) in [6.45, 7) is 1.57. The van der Waals surface area contributed by atoms with Crippen LogP contribution < -0.4 is 0 Å². The molecule has 146 valence electrons. The Labute approximate surface area is 160 Å². The number of benzene rings is 2. The quantitative estimate of drug-likeness (QED) is 0.636.